The van der Waals surface area contributed by atoms with Crippen LogP contribution in [0.15, 0.2) is 182 Å². The van der Waals surface area contributed by atoms with Gasteiger partial charge in [0, 0.05) is 33.2 Å². The SMILES string of the molecule is [2H]c1c([2H])c([2H])c2c(c1[2H])c1cc(-c3ccccc3-c3ccccc3)ccc1n2-c1ccc(-c2nc(-c3ccccc3)nc(-c3ccccc3)n2)cc1. The number of aromatic nitrogens is 4. The van der Waals surface area contributed by atoms with Gasteiger partial charge in [-0.25, -0.2) is 15.0 Å². The zero-order valence-electron chi connectivity index (χ0n) is 30.3. The van der Waals surface area contributed by atoms with Gasteiger partial charge in [-0.15, -0.1) is 0 Å². The van der Waals surface area contributed by atoms with Gasteiger partial charge in [0.15, 0.2) is 17.5 Å². The quantitative estimate of drug-likeness (QED) is 0.184. The third kappa shape index (κ3) is 5.26. The topological polar surface area (TPSA) is 43.6 Å². The molecule has 0 bridgehead atoms. The highest BCUT2D eigenvalue weighted by molar-refractivity contribution is 6.10. The monoisotopic (exact) mass is 630 g/mol. The fourth-order valence-corrected chi connectivity index (χ4v) is 6.46. The second kappa shape index (κ2) is 12.2. The van der Waals surface area contributed by atoms with E-state index >= 15 is 0 Å². The lowest BCUT2D eigenvalue weighted by atomic mass is 9.94. The first-order valence-electron chi connectivity index (χ1n) is 18.1. The molecule has 0 saturated carbocycles. The molecule has 0 aliphatic heterocycles. The molecule has 0 fully saturated rings. The highest BCUT2D eigenvalue weighted by Crippen LogP contribution is 2.38. The second-order valence-corrected chi connectivity index (χ2v) is 11.8. The Morgan fingerprint density at radius 3 is 1.45 bits per heavy atom. The summed E-state index contributed by atoms with van der Waals surface area (Å²) in [5, 5.41) is 1.22. The van der Waals surface area contributed by atoms with Crippen molar-refractivity contribution in [3.63, 3.8) is 0 Å². The Morgan fingerprint density at radius 1 is 0.388 bits per heavy atom. The van der Waals surface area contributed by atoms with Crippen LogP contribution in [-0.2, 0) is 0 Å². The van der Waals surface area contributed by atoms with E-state index in [2.05, 4.69) is 30.3 Å². The number of hydrogen-bond acceptors (Lipinski definition) is 3. The standard InChI is InChI=1S/C45H30N4/c1-4-14-31(15-5-1)37-20-10-11-21-38(37)35-26-29-42-40(30-35)39-22-12-13-23-41(39)49(42)36-27-24-34(25-28-36)45-47-43(32-16-6-2-7-17-32)46-44(48-45)33-18-8-3-9-19-33/h1-30H/i12D,13D,22D,23D. The van der Waals surface area contributed by atoms with Crippen LogP contribution >= 0.6 is 0 Å². The normalized spacial score (nSPS) is 12.4. The van der Waals surface area contributed by atoms with Crippen molar-refractivity contribution in [1.82, 2.24) is 19.5 Å². The van der Waals surface area contributed by atoms with E-state index in [1.165, 1.54) is 0 Å². The molecule has 49 heavy (non-hydrogen) atoms. The molecule has 230 valence electrons. The number of hydrogen-bond donors (Lipinski definition) is 0. The molecular formula is C45H30N4. The van der Waals surface area contributed by atoms with E-state index in [0.717, 1.165) is 55.5 Å². The van der Waals surface area contributed by atoms with Gasteiger partial charge in [-0.05, 0) is 64.7 Å². The molecule has 0 saturated heterocycles. The fraction of sp³-hybridized carbons (Fsp3) is 0. The summed E-state index contributed by atoms with van der Waals surface area (Å²) >= 11 is 0. The molecule has 0 aliphatic carbocycles. The predicted molar refractivity (Wildman–Crippen MR) is 201 cm³/mol. The lowest BCUT2D eigenvalue weighted by molar-refractivity contribution is 1.07. The Labute approximate surface area is 290 Å². The van der Waals surface area contributed by atoms with Crippen molar-refractivity contribution in [3.05, 3.63) is 182 Å². The van der Waals surface area contributed by atoms with E-state index in [1.807, 2.05) is 132 Å². The highest BCUT2D eigenvalue weighted by Gasteiger charge is 2.16. The smallest absolute Gasteiger partial charge is 0.164 e. The summed E-state index contributed by atoms with van der Waals surface area (Å²) in [6.45, 7) is 0. The van der Waals surface area contributed by atoms with E-state index in [9.17, 15) is 0 Å². The summed E-state index contributed by atoms with van der Waals surface area (Å²) < 4.78 is 37.2. The average Bonchev–Trinajstić information content (AvgIpc) is 3.58. The van der Waals surface area contributed by atoms with E-state index < -0.39 is 0 Å². The number of fused-ring (bicyclic) bond motifs is 3. The van der Waals surface area contributed by atoms with Gasteiger partial charge in [-0.1, -0.05) is 139 Å². The molecule has 2 aromatic heterocycles. The van der Waals surface area contributed by atoms with Crippen molar-refractivity contribution in [2.45, 2.75) is 0 Å². The van der Waals surface area contributed by atoms with Gasteiger partial charge < -0.3 is 4.57 Å². The maximum absolute atomic E-state index is 9.06. The van der Waals surface area contributed by atoms with Crippen molar-refractivity contribution in [2.24, 2.45) is 0 Å². The third-order valence-corrected chi connectivity index (χ3v) is 8.80. The minimum absolute atomic E-state index is 0.0677. The molecule has 0 amide bonds. The summed E-state index contributed by atoms with van der Waals surface area (Å²) in [6.07, 6.45) is 0. The van der Waals surface area contributed by atoms with Gasteiger partial charge in [0.2, 0.25) is 0 Å². The van der Waals surface area contributed by atoms with Gasteiger partial charge >= 0.3 is 0 Å². The molecule has 7 aromatic carbocycles. The van der Waals surface area contributed by atoms with Crippen molar-refractivity contribution < 1.29 is 5.48 Å². The molecule has 0 unspecified atom stereocenters. The lowest BCUT2D eigenvalue weighted by Crippen LogP contribution is -2.00. The summed E-state index contributed by atoms with van der Waals surface area (Å²) in [7, 11) is 0. The van der Waals surface area contributed by atoms with E-state index in [4.69, 9.17) is 20.4 Å². The van der Waals surface area contributed by atoms with Gasteiger partial charge in [0.05, 0.1) is 16.5 Å². The average molecular weight is 631 g/mol. The Kier molecular flexibility index (Phi) is 6.09. The number of para-hydroxylation sites is 1. The van der Waals surface area contributed by atoms with E-state index in [0.29, 0.717) is 28.4 Å². The summed E-state index contributed by atoms with van der Waals surface area (Å²) in [6, 6.07) is 51.3. The highest BCUT2D eigenvalue weighted by atomic mass is 15.0. The van der Waals surface area contributed by atoms with Gasteiger partial charge in [-0.3, -0.25) is 0 Å². The molecule has 0 radical (unpaired) electrons. The third-order valence-electron chi connectivity index (χ3n) is 8.80. The molecule has 9 rings (SSSR count). The first-order valence-corrected chi connectivity index (χ1v) is 16.1. The predicted octanol–water partition coefficient (Wildman–Crippen LogP) is 11.3. The largest absolute Gasteiger partial charge is 0.309 e. The second-order valence-electron chi connectivity index (χ2n) is 11.8. The number of rotatable bonds is 6. The summed E-state index contributed by atoms with van der Waals surface area (Å²) in [5.41, 5.74) is 8.67. The van der Waals surface area contributed by atoms with Gasteiger partial charge in [0.1, 0.15) is 0 Å². The molecular weight excluding hydrogens is 597 g/mol. The zero-order chi connectivity index (χ0) is 36.1. The Bertz CT molecular complexity index is 2750. The zero-order valence-corrected chi connectivity index (χ0v) is 26.3. The number of nitrogens with zero attached hydrogens (tertiary/aromatic N) is 4. The van der Waals surface area contributed by atoms with E-state index in [-0.39, 0.29) is 24.2 Å². The van der Waals surface area contributed by atoms with Crippen molar-refractivity contribution >= 4 is 21.8 Å². The lowest BCUT2D eigenvalue weighted by Gasteiger charge is -2.12. The van der Waals surface area contributed by atoms with Crippen LogP contribution in [-0.4, -0.2) is 19.5 Å². The molecule has 2 heterocycles. The van der Waals surface area contributed by atoms with Crippen LogP contribution in [0.5, 0.6) is 0 Å². The van der Waals surface area contributed by atoms with Crippen LogP contribution in [0.4, 0.5) is 0 Å². The number of benzene rings is 7. The Hall–Kier alpha value is -6.65. The molecule has 9 aromatic rings. The first kappa shape index (κ1) is 24.5. The molecule has 0 atom stereocenters. The fourth-order valence-electron chi connectivity index (χ4n) is 6.46. The Morgan fingerprint density at radius 2 is 0.857 bits per heavy atom. The van der Waals surface area contributed by atoms with Crippen LogP contribution in [0.3, 0.4) is 0 Å². The van der Waals surface area contributed by atoms with Crippen LogP contribution in [0.25, 0.3) is 83.9 Å². The van der Waals surface area contributed by atoms with Crippen LogP contribution < -0.4 is 0 Å². The minimum Gasteiger partial charge on any atom is -0.309 e. The van der Waals surface area contributed by atoms with Crippen LogP contribution in [0.2, 0.25) is 0 Å². The summed E-state index contributed by atoms with van der Waals surface area (Å²) in [5.74, 6) is 1.67. The molecule has 4 heteroatoms. The molecule has 0 spiro atoms. The van der Waals surface area contributed by atoms with Gasteiger partial charge in [0.25, 0.3) is 0 Å². The Balaban J connectivity index is 1.21. The summed E-state index contributed by atoms with van der Waals surface area (Å²) in [4.78, 5) is 14.6. The van der Waals surface area contributed by atoms with Crippen LogP contribution in [0, 0.1) is 0 Å². The van der Waals surface area contributed by atoms with Crippen molar-refractivity contribution in [3.8, 4) is 62.1 Å². The van der Waals surface area contributed by atoms with Crippen LogP contribution in [0.1, 0.15) is 5.48 Å². The van der Waals surface area contributed by atoms with Gasteiger partial charge in [-0.2, -0.15) is 0 Å². The maximum atomic E-state index is 9.06. The molecule has 4 nitrogen and oxygen atoms in total. The van der Waals surface area contributed by atoms with Crippen molar-refractivity contribution in [2.75, 3.05) is 0 Å². The minimum atomic E-state index is -0.273. The first-order chi connectivity index (χ1) is 26.0. The van der Waals surface area contributed by atoms with Crippen molar-refractivity contribution in [1.29, 1.82) is 0 Å². The van der Waals surface area contributed by atoms with E-state index in [1.54, 1.807) is 0 Å². The maximum Gasteiger partial charge on any atom is 0.164 e. The molecule has 0 N–H and O–H groups in total. The molecule has 0 aliphatic rings.